The summed E-state index contributed by atoms with van der Waals surface area (Å²) in [6, 6.07) is 8.51. The van der Waals surface area contributed by atoms with Crippen LogP contribution in [0.5, 0.6) is 0 Å². The van der Waals surface area contributed by atoms with Crippen LogP contribution in [0.2, 0.25) is 0 Å². The van der Waals surface area contributed by atoms with Crippen molar-refractivity contribution >= 4 is 21.9 Å². The highest BCUT2D eigenvalue weighted by Gasteiger charge is 2.09. The minimum Gasteiger partial charge on any atom is -0.259 e. The van der Waals surface area contributed by atoms with Gasteiger partial charge >= 0.3 is 0 Å². The smallest absolute Gasteiger partial charge is 0.110 e. The lowest BCUT2D eigenvalue weighted by atomic mass is 9.97. The molecule has 0 saturated carbocycles. The number of rotatable bonds is 2. The van der Waals surface area contributed by atoms with E-state index in [-0.39, 0.29) is 0 Å². The summed E-state index contributed by atoms with van der Waals surface area (Å²) in [6.07, 6.45) is 7.21. The second-order valence-corrected chi connectivity index (χ2v) is 7.73. The fourth-order valence-electron chi connectivity index (χ4n) is 3.33. The van der Waals surface area contributed by atoms with Gasteiger partial charge in [0.05, 0.1) is 16.7 Å². The molecular weight excluding hydrogens is 344 g/mol. The third-order valence-electron chi connectivity index (χ3n) is 4.97. The summed E-state index contributed by atoms with van der Waals surface area (Å²) >= 11 is 0. The summed E-state index contributed by atoms with van der Waals surface area (Å²) in [5.41, 5.74) is 7.80. The van der Waals surface area contributed by atoms with Crippen LogP contribution < -0.4 is 0 Å². The molecule has 0 unspecified atom stereocenters. The highest BCUT2D eigenvalue weighted by Crippen LogP contribution is 2.25. The summed E-state index contributed by atoms with van der Waals surface area (Å²) < 4.78 is 0. The van der Waals surface area contributed by atoms with Crippen molar-refractivity contribution in [1.29, 1.82) is 0 Å². The SMILES string of the molecule is Cc1ccc(C(C)C)c2ncccc12.Cc1ncc(C(C)C)c2nccnc12. The maximum absolute atomic E-state index is 4.46. The molecule has 0 spiro atoms. The molecule has 0 radical (unpaired) electrons. The van der Waals surface area contributed by atoms with Crippen molar-refractivity contribution in [1.82, 2.24) is 19.9 Å². The molecule has 28 heavy (non-hydrogen) atoms. The number of aromatic nitrogens is 4. The van der Waals surface area contributed by atoms with Crippen molar-refractivity contribution in [2.24, 2.45) is 0 Å². The highest BCUT2D eigenvalue weighted by molar-refractivity contribution is 5.85. The summed E-state index contributed by atoms with van der Waals surface area (Å²) in [4.78, 5) is 17.4. The van der Waals surface area contributed by atoms with Gasteiger partial charge in [-0.1, -0.05) is 45.9 Å². The van der Waals surface area contributed by atoms with E-state index in [1.54, 1.807) is 12.4 Å². The van der Waals surface area contributed by atoms with Crippen LogP contribution in [0.25, 0.3) is 21.9 Å². The third kappa shape index (κ3) is 4.01. The Kier molecular flexibility index (Phi) is 5.98. The average molecular weight is 373 g/mol. The molecule has 144 valence electrons. The summed E-state index contributed by atoms with van der Waals surface area (Å²) in [5, 5.41) is 1.28. The monoisotopic (exact) mass is 372 g/mol. The average Bonchev–Trinajstić information content (AvgIpc) is 2.69. The Hall–Kier alpha value is -2.88. The Morgan fingerprint density at radius 2 is 1.29 bits per heavy atom. The fourth-order valence-corrected chi connectivity index (χ4v) is 3.33. The molecule has 3 aromatic heterocycles. The largest absolute Gasteiger partial charge is 0.259 e. The molecular formula is C24H28N4. The molecule has 0 aliphatic rings. The zero-order chi connectivity index (χ0) is 20.3. The lowest BCUT2D eigenvalue weighted by molar-refractivity contribution is 0.861. The van der Waals surface area contributed by atoms with Crippen molar-refractivity contribution in [2.45, 2.75) is 53.4 Å². The number of pyridine rings is 2. The first-order valence-corrected chi connectivity index (χ1v) is 9.80. The molecule has 0 saturated heterocycles. The van der Waals surface area contributed by atoms with Gasteiger partial charge in [-0.05, 0) is 42.9 Å². The summed E-state index contributed by atoms with van der Waals surface area (Å²) in [7, 11) is 0. The van der Waals surface area contributed by atoms with E-state index in [4.69, 9.17) is 0 Å². The molecule has 0 aliphatic heterocycles. The normalized spacial score (nSPS) is 11.1. The second-order valence-electron chi connectivity index (χ2n) is 7.73. The number of hydrogen-bond donors (Lipinski definition) is 0. The Bertz CT molecular complexity index is 1010. The molecule has 4 heteroatoms. The van der Waals surface area contributed by atoms with Gasteiger partial charge in [-0.2, -0.15) is 0 Å². The molecule has 0 bridgehead atoms. The van der Waals surface area contributed by atoms with Gasteiger partial charge in [0, 0.05) is 35.7 Å². The Balaban J connectivity index is 0.000000161. The number of hydrogen-bond acceptors (Lipinski definition) is 4. The van der Waals surface area contributed by atoms with Gasteiger partial charge in [0.25, 0.3) is 0 Å². The van der Waals surface area contributed by atoms with E-state index in [1.807, 2.05) is 25.4 Å². The first-order valence-electron chi connectivity index (χ1n) is 9.80. The van der Waals surface area contributed by atoms with E-state index >= 15 is 0 Å². The Morgan fingerprint density at radius 3 is 1.96 bits per heavy atom. The van der Waals surface area contributed by atoms with Gasteiger partial charge in [-0.25, -0.2) is 0 Å². The van der Waals surface area contributed by atoms with Crippen LogP contribution in [-0.4, -0.2) is 19.9 Å². The van der Waals surface area contributed by atoms with Crippen molar-refractivity contribution in [3.8, 4) is 0 Å². The van der Waals surface area contributed by atoms with E-state index in [9.17, 15) is 0 Å². The zero-order valence-electron chi connectivity index (χ0n) is 17.6. The zero-order valence-corrected chi connectivity index (χ0v) is 17.6. The summed E-state index contributed by atoms with van der Waals surface area (Å²) in [5.74, 6) is 0.968. The maximum atomic E-state index is 4.46. The van der Waals surface area contributed by atoms with Gasteiger partial charge < -0.3 is 0 Å². The molecule has 0 amide bonds. The molecule has 4 rings (SSSR count). The van der Waals surface area contributed by atoms with Crippen LogP contribution in [0.15, 0.2) is 49.1 Å². The molecule has 4 aromatic rings. The van der Waals surface area contributed by atoms with Crippen LogP contribution in [0, 0.1) is 13.8 Å². The topological polar surface area (TPSA) is 51.6 Å². The van der Waals surface area contributed by atoms with Gasteiger partial charge in [0.15, 0.2) is 0 Å². The van der Waals surface area contributed by atoms with E-state index < -0.39 is 0 Å². The van der Waals surface area contributed by atoms with Crippen LogP contribution in [0.4, 0.5) is 0 Å². The lowest BCUT2D eigenvalue weighted by Crippen LogP contribution is -1.97. The molecule has 0 fully saturated rings. The first kappa shape index (κ1) is 19.9. The predicted octanol–water partition coefficient (Wildman–Crippen LogP) is 6.12. The number of benzene rings is 1. The van der Waals surface area contributed by atoms with Crippen molar-refractivity contribution in [3.63, 3.8) is 0 Å². The van der Waals surface area contributed by atoms with E-state index in [1.165, 1.54) is 22.1 Å². The first-order chi connectivity index (χ1) is 13.4. The van der Waals surface area contributed by atoms with Crippen LogP contribution in [0.3, 0.4) is 0 Å². The second kappa shape index (κ2) is 8.42. The minimum atomic E-state index is 0.433. The lowest BCUT2D eigenvalue weighted by Gasteiger charge is -2.10. The quantitative estimate of drug-likeness (QED) is 0.425. The molecule has 0 N–H and O–H groups in total. The van der Waals surface area contributed by atoms with Crippen molar-refractivity contribution in [3.05, 3.63) is 71.4 Å². The standard InChI is InChI=1S/C13H15N.C11H13N3/c1-9(2)11-7-6-10(3)12-5-4-8-14-13(11)12;1-7(2)9-6-14-8(3)10-11(9)13-5-4-12-10/h4-9H,1-3H3;4-7H,1-3H3. The molecule has 1 aromatic carbocycles. The van der Waals surface area contributed by atoms with E-state index in [0.29, 0.717) is 11.8 Å². The van der Waals surface area contributed by atoms with Crippen molar-refractivity contribution < 1.29 is 0 Å². The summed E-state index contributed by atoms with van der Waals surface area (Å²) in [6.45, 7) is 12.8. The Labute approximate surface area is 167 Å². The molecule has 4 nitrogen and oxygen atoms in total. The predicted molar refractivity (Wildman–Crippen MR) is 117 cm³/mol. The number of fused-ring (bicyclic) bond motifs is 2. The maximum Gasteiger partial charge on any atom is 0.110 e. The highest BCUT2D eigenvalue weighted by atomic mass is 14.8. The van der Waals surface area contributed by atoms with E-state index in [0.717, 1.165) is 22.2 Å². The van der Waals surface area contributed by atoms with Crippen LogP contribution in [0.1, 0.15) is 61.9 Å². The van der Waals surface area contributed by atoms with Gasteiger partial charge in [-0.3, -0.25) is 19.9 Å². The molecule has 0 aliphatic carbocycles. The fraction of sp³-hybridized carbons (Fsp3) is 0.333. The molecule has 0 atom stereocenters. The van der Waals surface area contributed by atoms with Crippen molar-refractivity contribution in [2.75, 3.05) is 0 Å². The van der Waals surface area contributed by atoms with Crippen LogP contribution in [-0.2, 0) is 0 Å². The number of aryl methyl sites for hydroxylation is 2. The number of nitrogens with zero attached hydrogens (tertiary/aromatic N) is 4. The van der Waals surface area contributed by atoms with Gasteiger partial charge in [-0.15, -0.1) is 0 Å². The third-order valence-corrected chi connectivity index (χ3v) is 4.97. The molecule has 3 heterocycles. The minimum absolute atomic E-state index is 0.433. The van der Waals surface area contributed by atoms with E-state index in [2.05, 4.69) is 72.8 Å². The Morgan fingerprint density at radius 1 is 0.643 bits per heavy atom. The van der Waals surface area contributed by atoms with Crippen LogP contribution >= 0.6 is 0 Å². The van der Waals surface area contributed by atoms with Gasteiger partial charge in [0.2, 0.25) is 0 Å². The van der Waals surface area contributed by atoms with Gasteiger partial charge in [0.1, 0.15) is 5.52 Å².